The van der Waals surface area contributed by atoms with Gasteiger partial charge in [0.15, 0.2) is 0 Å². The van der Waals surface area contributed by atoms with Gasteiger partial charge in [0.25, 0.3) is 0 Å². The van der Waals surface area contributed by atoms with Crippen LogP contribution in [-0.4, -0.2) is 20.8 Å². The number of ether oxygens (including phenoxy) is 1. The summed E-state index contributed by atoms with van der Waals surface area (Å²) in [7, 11) is -3.39. The van der Waals surface area contributed by atoms with Crippen molar-refractivity contribution in [2.45, 2.75) is 33.1 Å². The van der Waals surface area contributed by atoms with Crippen LogP contribution in [0.25, 0.3) is 0 Å². The van der Waals surface area contributed by atoms with E-state index in [0.29, 0.717) is 18.9 Å². The number of aryl methyl sites for hydroxylation is 1. The highest BCUT2D eigenvalue weighted by Gasteiger charge is 2.06. The number of rotatable bonds is 6. The molecule has 0 radical (unpaired) electrons. The molecule has 1 aromatic rings. The lowest BCUT2D eigenvalue weighted by atomic mass is 10.0. The van der Waals surface area contributed by atoms with Crippen molar-refractivity contribution < 1.29 is 13.2 Å². The van der Waals surface area contributed by atoms with E-state index in [1.54, 1.807) is 0 Å². The van der Waals surface area contributed by atoms with Crippen molar-refractivity contribution in [3.63, 3.8) is 0 Å². The zero-order valence-corrected chi connectivity index (χ0v) is 12.0. The van der Waals surface area contributed by atoms with E-state index in [1.165, 1.54) is 5.56 Å². The number of hydrogen-bond donors (Lipinski definition) is 1. The molecule has 0 unspecified atom stereocenters. The largest absolute Gasteiger partial charge is 0.493 e. The van der Waals surface area contributed by atoms with Crippen molar-refractivity contribution >= 4 is 10.0 Å². The van der Waals surface area contributed by atoms with Crippen molar-refractivity contribution in [3.8, 4) is 5.75 Å². The maximum atomic E-state index is 10.8. The second-order valence-corrected chi connectivity index (χ2v) is 6.48. The second-order valence-electron chi connectivity index (χ2n) is 4.75. The number of hydrogen-bond acceptors (Lipinski definition) is 3. The highest BCUT2D eigenvalue weighted by molar-refractivity contribution is 7.89. The summed E-state index contributed by atoms with van der Waals surface area (Å²) in [6.07, 6.45) is 0.407. The molecule has 0 aliphatic rings. The molecule has 0 atom stereocenters. The average molecular weight is 271 g/mol. The smallest absolute Gasteiger partial charge is 0.209 e. The highest BCUT2D eigenvalue weighted by Crippen LogP contribution is 2.24. The van der Waals surface area contributed by atoms with Crippen LogP contribution in [0.15, 0.2) is 18.2 Å². The van der Waals surface area contributed by atoms with Crippen molar-refractivity contribution in [3.05, 3.63) is 29.3 Å². The summed E-state index contributed by atoms with van der Waals surface area (Å²) >= 11 is 0. The van der Waals surface area contributed by atoms with Crippen LogP contribution in [0.2, 0.25) is 0 Å². The van der Waals surface area contributed by atoms with Gasteiger partial charge in [-0.25, -0.2) is 13.6 Å². The van der Waals surface area contributed by atoms with Gasteiger partial charge in [-0.2, -0.15) is 0 Å². The topological polar surface area (TPSA) is 69.4 Å². The highest BCUT2D eigenvalue weighted by atomic mass is 32.2. The molecule has 0 bridgehead atoms. The summed E-state index contributed by atoms with van der Waals surface area (Å²) in [6, 6.07) is 6.11. The Morgan fingerprint density at radius 2 is 2.00 bits per heavy atom. The van der Waals surface area contributed by atoms with Crippen LogP contribution >= 0.6 is 0 Å². The first-order valence-electron chi connectivity index (χ1n) is 6.03. The standard InChI is InChI=1S/C13H21NO3S/c1-10(2)12-6-5-11(3)13(9-12)17-7-4-8-18(14,15)16/h5-6,9-10H,4,7-8H2,1-3H3,(H2,14,15,16). The number of benzene rings is 1. The normalized spacial score (nSPS) is 11.8. The first-order chi connectivity index (χ1) is 8.29. The molecular weight excluding hydrogens is 250 g/mol. The minimum atomic E-state index is -3.39. The molecule has 0 amide bonds. The summed E-state index contributed by atoms with van der Waals surface area (Å²) in [5, 5.41) is 4.93. The molecule has 0 aliphatic carbocycles. The van der Waals surface area contributed by atoms with Gasteiger partial charge >= 0.3 is 0 Å². The minimum Gasteiger partial charge on any atom is -0.493 e. The van der Waals surface area contributed by atoms with E-state index in [4.69, 9.17) is 9.88 Å². The van der Waals surface area contributed by atoms with Crippen LogP contribution in [0.3, 0.4) is 0 Å². The summed E-state index contributed by atoms with van der Waals surface area (Å²) < 4.78 is 27.2. The SMILES string of the molecule is Cc1ccc(C(C)C)cc1OCCCS(N)(=O)=O. The van der Waals surface area contributed by atoms with Crippen LogP contribution in [0.5, 0.6) is 5.75 Å². The Bertz CT molecular complexity index is 495. The molecular formula is C13H21NO3S. The van der Waals surface area contributed by atoms with Gasteiger partial charge in [-0.3, -0.25) is 0 Å². The van der Waals surface area contributed by atoms with Gasteiger partial charge < -0.3 is 4.74 Å². The fourth-order valence-corrected chi connectivity index (χ4v) is 2.09. The third-order valence-corrected chi connectivity index (χ3v) is 3.57. The lowest BCUT2D eigenvalue weighted by molar-refractivity contribution is 0.315. The van der Waals surface area contributed by atoms with E-state index in [-0.39, 0.29) is 5.75 Å². The fraction of sp³-hybridized carbons (Fsp3) is 0.538. The van der Waals surface area contributed by atoms with Crippen LogP contribution in [0.4, 0.5) is 0 Å². The lowest BCUT2D eigenvalue weighted by Crippen LogP contribution is -2.18. The monoisotopic (exact) mass is 271 g/mol. The summed E-state index contributed by atoms with van der Waals surface area (Å²) in [4.78, 5) is 0. The molecule has 2 N–H and O–H groups in total. The molecule has 1 aromatic carbocycles. The third-order valence-electron chi connectivity index (χ3n) is 2.71. The Labute approximate surface area is 109 Å². The number of nitrogens with two attached hydrogens (primary N) is 1. The molecule has 0 fully saturated rings. The van der Waals surface area contributed by atoms with Gasteiger partial charge in [-0.15, -0.1) is 0 Å². The number of primary sulfonamides is 1. The van der Waals surface area contributed by atoms with Gasteiger partial charge in [0, 0.05) is 0 Å². The van der Waals surface area contributed by atoms with Crippen molar-refractivity contribution in [2.75, 3.05) is 12.4 Å². The van der Waals surface area contributed by atoms with Crippen molar-refractivity contribution in [2.24, 2.45) is 5.14 Å². The second kappa shape index (κ2) is 6.20. The molecule has 5 heteroatoms. The van der Waals surface area contributed by atoms with Gasteiger partial charge in [0.2, 0.25) is 10.0 Å². The van der Waals surface area contributed by atoms with E-state index in [2.05, 4.69) is 19.9 Å². The molecule has 4 nitrogen and oxygen atoms in total. The molecule has 0 spiro atoms. The van der Waals surface area contributed by atoms with Crippen LogP contribution in [0.1, 0.15) is 37.3 Å². The first kappa shape index (κ1) is 15.0. The third kappa shape index (κ3) is 5.06. The molecule has 102 valence electrons. The van der Waals surface area contributed by atoms with E-state index >= 15 is 0 Å². The van der Waals surface area contributed by atoms with Crippen LogP contribution in [-0.2, 0) is 10.0 Å². The maximum absolute atomic E-state index is 10.8. The summed E-state index contributed by atoms with van der Waals surface area (Å²) in [5.74, 6) is 1.21. The Morgan fingerprint density at radius 1 is 1.33 bits per heavy atom. The van der Waals surface area contributed by atoms with Gasteiger partial charge in [0.05, 0.1) is 12.4 Å². The maximum Gasteiger partial charge on any atom is 0.209 e. The quantitative estimate of drug-likeness (QED) is 0.806. The molecule has 0 aliphatic heterocycles. The Kier molecular flexibility index (Phi) is 5.16. The Balaban J connectivity index is 2.59. The summed E-state index contributed by atoms with van der Waals surface area (Å²) in [6.45, 7) is 6.57. The number of sulfonamides is 1. The Morgan fingerprint density at radius 3 is 2.56 bits per heavy atom. The average Bonchev–Trinajstić information content (AvgIpc) is 2.24. The first-order valence-corrected chi connectivity index (χ1v) is 7.75. The minimum absolute atomic E-state index is 0.0457. The zero-order chi connectivity index (χ0) is 13.8. The van der Waals surface area contributed by atoms with Gasteiger partial charge in [0.1, 0.15) is 5.75 Å². The summed E-state index contributed by atoms with van der Waals surface area (Å²) in [5.41, 5.74) is 2.26. The predicted molar refractivity (Wildman–Crippen MR) is 73.4 cm³/mol. The van der Waals surface area contributed by atoms with Gasteiger partial charge in [-0.1, -0.05) is 26.0 Å². The molecule has 0 heterocycles. The Hall–Kier alpha value is -1.07. The molecule has 1 rings (SSSR count). The molecule has 0 saturated carbocycles. The van der Waals surface area contributed by atoms with E-state index in [9.17, 15) is 8.42 Å². The van der Waals surface area contributed by atoms with E-state index < -0.39 is 10.0 Å². The van der Waals surface area contributed by atoms with E-state index in [1.807, 2.05) is 19.1 Å². The van der Waals surface area contributed by atoms with Crippen LogP contribution < -0.4 is 9.88 Å². The van der Waals surface area contributed by atoms with Crippen molar-refractivity contribution in [1.82, 2.24) is 0 Å². The fourth-order valence-electron chi connectivity index (χ4n) is 1.57. The molecule has 0 saturated heterocycles. The predicted octanol–water partition coefficient (Wildman–Crippen LogP) is 2.18. The molecule has 18 heavy (non-hydrogen) atoms. The van der Waals surface area contributed by atoms with Crippen LogP contribution in [0, 0.1) is 6.92 Å². The lowest BCUT2D eigenvalue weighted by Gasteiger charge is -2.12. The van der Waals surface area contributed by atoms with Gasteiger partial charge in [-0.05, 0) is 36.5 Å². The molecule has 0 aromatic heterocycles. The van der Waals surface area contributed by atoms with Crippen molar-refractivity contribution in [1.29, 1.82) is 0 Å². The van der Waals surface area contributed by atoms with E-state index in [0.717, 1.165) is 11.3 Å². The zero-order valence-electron chi connectivity index (χ0n) is 11.1.